The van der Waals surface area contributed by atoms with Crippen LogP contribution in [0.5, 0.6) is 0 Å². The number of anilines is 2. The molecule has 5 nitrogen and oxygen atoms in total. The minimum Gasteiger partial charge on any atom is -0.422 e. The van der Waals surface area contributed by atoms with Crippen LogP contribution in [-0.2, 0) is 6.18 Å². The van der Waals surface area contributed by atoms with Crippen LogP contribution in [0, 0.1) is 0 Å². The molecule has 0 aliphatic carbocycles. The Morgan fingerprint density at radius 3 is 2.47 bits per heavy atom. The molecule has 1 aliphatic heterocycles. The number of carbonyl (C=O) groups is 1. The van der Waals surface area contributed by atoms with Gasteiger partial charge in [-0.2, -0.15) is 13.2 Å². The molecule has 1 amide bonds. The van der Waals surface area contributed by atoms with Crippen molar-refractivity contribution in [2.45, 2.75) is 25.4 Å². The van der Waals surface area contributed by atoms with Gasteiger partial charge in [0.15, 0.2) is 0 Å². The van der Waals surface area contributed by atoms with E-state index < -0.39 is 23.3 Å². The molecule has 4 rings (SSSR count). The third-order valence-corrected chi connectivity index (χ3v) is 5.15. The highest BCUT2D eigenvalue weighted by Crippen LogP contribution is 2.36. The molecule has 1 aromatic heterocycles. The Morgan fingerprint density at radius 1 is 1.00 bits per heavy atom. The molecule has 0 spiro atoms. The summed E-state index contributed by atoms with van der Waals surface area (Å²) < 4.78 is 44.9. The minimum absolute atomic E-state index is 0.0179. The van der Waals surface area contributed by atoms with Gasteiger partial charge in [-0.15, -0.1) is 0 Å². The summed E-state index contributed by atoms with van der Waals surface area (Å²) in [6.07, 6.45) is -1.66. The molecule has 0 bridgehead atoms. The van der Waals surface area contributed by atoms with Gasteiger partial charge in [-0.1, -0.05) is 18.2 Å². The van der Waals surface area contributed by atoms with E-state index in [1.807, 2.05) is 4.90 Å². The summed E-state index contributed by atoms with van der Waals surface area (Å²) >= 11 is 0. The van der Waals surface area contributed by atoms with Crippen LogP contribution in [0.1, 0.15) is 35.2 Å². The number of fused-ring (bicyclic) bond motifs is 1. The molecule has 30 heavy (non-hydrogen) atoms. The van der Waals surface area contributed by atoms with E-state index in [1.165, 1.54) is 12.1 Å². The number of hydrogen-bond donors (Lipinski definition) is 1. The van der Waals surface area contributed by atoms with Crippen LogP contribution < -0.4 is 15.8 Å². The highest BCUT2D eigenvalue weighted by Gasteiger charge is 2.32. The average molecular weight is 416 g/mol. The molecule has 1 aliphatic rings. The number of amides is 1. The van der Waals surface area contributed by atoms with Crippen LogP contribution in [0.3, 0.4) is 0 Å². The number of carbonyl (C=O) groups excluding carboxylic acids is 1. The van der Waals surface area contributed by atoms with Crippen molar-refractivity contribution < 1.29 is 22.4 Å². The number of benzene rings is 2. The zero-order valence-electron chi connectivity index (χ0n) is 16.0. The summed E-state index contributed by atoms with van der Waals surface area (Å²) in [7, 11) is 0. The Morgan fingerprint density at radius 2 is 1.73 bits per heavy atom. The van der Waals surface area contributed by atoms with Crippen LogP contribution in [0.15, 0.2) is 57.7 Å². The Labute approximate surface area is 170 Å². The van der Waals surface area contributed by atoms with Gasteiger partial charge < -0.3 is 14.6 Å². The lowest BCUT2D eigenvalue weighted by atomic mass is 10.1. The molecule has 1 fully saturated rings. The summed E-state index contributed by atoms with van der Waals surface area (Å²) in [5.41, 5.74) is -1.14. The number of para-hydroxylation sites is 1. The van der Waals surface area contributed by atoms with Crippen LogP contribution in [0.4, 0.5) is 24.5 Å². The van der Waals surface area contributed by atoms with E-state index in [2.05, 4.69) is 5.32 Å². The first-order valence-electron chi connectivity index (χ1n) is 9.63. The van der Waals surface area contributed by atoms with Gasteiger partial charge in [-0.25, -0.2) is 4.79 Å². The van der Waals surface area contributed by atoms with Gasteiger partial charge in [0.05, 0.1) is 16.9 Å². The average Bonchev–Trinajstić information content (AvgIpc) is 2.73. The number of rotatable bonds is 3. The van der Waals surface area contributed by atoms with Gasteiger partial charge in [0.2, 0.25) is 0 Å². The highest BCUT2D eigenvalue weighted by atomic mass is 19.4. The van der Waals surface area contributed by atoms with Crippen molar-refractivity contribution in [3.63, 3.8) is 0 Å². The fraction of sp³-hybridized carbons (Fsp3) is 0.273. The summed E-state index contributed by atoms with van der Waals surface area (Å²) in [5, 5.41) is 3.05. The monoisotopic (exact) mass is 416 g/mol. The molecule has 8 heteroatoms. The number of nitrogens with one attached hydrogen (secondary N) is 1. The van der Waals surface area contributed by atoms with E-state index in [0.29, 0.717) is 29.7 Å². The second-order valence-corrected chi connectivity index (χ2v) is 7.22. The maximum absolute atomic E-state index is 13.2. The Kier molecular flexibility index (Phi) is 5.24. The maximum atomic E-state index is 13.2. The van der Waals surface area contributed by atoms with E-state index in [9.17, 15) is 22.8 Å². The quantitative estimate of drug-likeness (QED) is 0.607. The van der Waals surface area contributed by atoms with Gasteiger partial charge >= 0.3 is 11.8 Å². The second kappa shape index (κ2) is 7.85. The van der Waals surface area contributed by atoms with Crippen molar-refractivity contribution in [3.8, 4) is 0 Å². The van der Waals surface area contributed by atoms with Gasteiger partial charge in [0.1, 0.15) is 11.1 Å². The zero-order valence-corrected chi connectivity index (χ0v) is 16.0. The number of alkyl halides is 3. The Bertz CT molecular complexity index is 1150. The van der Waals surface area contributed by atoms with Crippen molar-refractivity contribution in [1.29, 1.82) is 0 Å². The standard InChI is InChI=1S/C22H19F3N2O3/c23-22(24,25)15-8-9-18(27-10-4-1-5-11-27)17(13-15)26-20(28)16-12-14-6-2-3-7-19(14)30-21(16)29/h2-3,6-9,12-13H,1,4-5,10-11H2,(H,26,28). The van der Waals surface area contributed by atoms with E-state index in [1.54, 1.807) is 24.3 Å². The van der Waals surface area contributed by atoms with Gasteiger partial charge in [-0.05, 0) is 49.6 Å². The molecule has 2 heterocycles. The molecular formula is C22H19F3N2O3. The Hall–Kier alpha value is -3.29. The normalized spacial score (nSPS) is 14.7. The SMILES string of the molecule is O=C(Nc1cc(C(F)(F)F)ccc1N1CCCCC1)c1cc2ccccc2oc1=O. The highest BCUT2D eigenvalue weighted by molar-refractivity contribution is 6.07. The van der Waals surface area contributed by atoms with Crippen LogP contribution in [0.2, 0.25) is 0 Å². The van der Waals surface area contributed by atoms with Crippen LogP contribution in [0.25, 0.3) is 11.0 Å². The van der Waals surface area contributed by atoms with Crippen LogP contribution >= 0.6 is 0 Å². The predicted octanol–water partition coefficient (Wildman–Crippen LogP) is 5.05. The van der Waals surface area contributed by atoms with Gasteiger partial charge in [0.25, 0.3) is 5.91 Å². The number of halogens is 3. The fourth-order valence-electron chi connectivity index (χ4n) is 3.63. The van der Waals surface area contributed by atoms with E-state index in [4.69, 9.17) is 4.42 Å². The van der Waals surface area contributed by atoms with Gasteiger partial charge in [0, 0.05) is 18.5 Å². The predicted molar refractivity (Wildman–Crippen MR) is 108 cm³/mol. The smallest absolute Gasteiger partial charge is 0.416 e. The van der Waals surface area contributed by atoms with Crippen molar-refractivity contribution in [3.05, 3.63) is 70.1 Å². The van der Waals surface area contributed by atoms with Crippen molar-refractivity contribution in [1.82, 2.24) is 0 Å². The minimum atomic E-state index is -4.55. The summed E-state index contributed by atoms with van der Waals surface area (Å²) in [5.74, 6) is -0.813. The lowest BCUT2D eigenvalue weighted by Crippen LogP contribution is -2.31. The molecule has 0 radical (unpaired) electrons. The molecule has 1 N–H and O–H groups in total. The molecule has 0 unspecified atom stereocenters. The summed E-state index contributed by atoms with van der Waals surface area (Å²) in [6.45, 7) is 1.37. The number of hydrogen-bond acceptors (Lipinski definition) is 4. The fourth-order valence-corrected chi connectivity index (χ4v) is 3.63. The zero-order chi connectivity index (χ0) is 21.3. The third kappa shape index (κ3) is 4.03. The second-order valence-electron chi connectivity index (χ2n) is 7.22. The Balaban J connectivity index is 1.72. The van der Waals surface area contributed by atoms with Crippen molar-refractivity contribution >= 4 is 28.3 Å². The number of piperidine rings is 1. The third-order valence-electron chi connectivity index (χ3n) is 5.15. The first-order valence-corrected chi connectivity index (χ1v) is 9.63. The van der Waals surface area contributed by atoms with Crippen molar-refractivity contribution in [2.75, 3.05) is 23.3 Å². The first kappa shape index (κ1) is 20.0. The first-order chi connectivity index (χ1) is 14.3. The topological polar surface area (TPSA) is 62.6 Å². The lowest BCUT2D eigenvalue weighted by Gasteiger charge is -2.31. The van der Waals surface area contributed by atoms with Crippen LogP contribution in [-0.4, -0.2) is 19.0 Å². The van der Waals surface area contributed by atoms with E-state index >= 15 is 0 Å². The van der Waals surface area contributed by atoms with E-state index in [-0.39, 0.29) is 11.3 Å². The summed E-state index contributed by atoms with van der Waals surface area (Å²) in [6, 6.07) is 11.4. The molecule has 156 valence electrons. The maximum Gasteiger partial charge on any atom is 0.416 e. The van der Waals surface area contributed by atoms with Crippen molar-refractivity contribution in [2.24, 2.45) is 0 Å². The molecule has 3 aromatic rings. The van der Waals surface area contributed by atoms with E-state index in [0.717, 1.165) is 31.4 Å². The molecular weight excluding hydrogens is 397 g/mol. The largest absolute Gasteiger partial charge is 0.422 e. The van der Waals surface area contributed by atoms with Gasteiger partial charge in [-0.3, -0.25) is 4.79 Å². The lowest BCUT2D eigenvalue weighted by molar-refractivity contribution is -0.137. The molecule has 2 aromatic carbocycles. The summed E-state index contributed by atoms with van der Waals surface area (Å²) in [4.78, 5) is 27.0. The molecule has 0 saturated carbocycles. The molecule has 1 saturated heterocycles. The molecule has 0 atom stereocenters. The number of nitrogens with zero attached hydrogens (tertiary/aromatic N) is 1.